The van der Waals surface area contributed by atoms with E-state index < -0.39 is 5.41 Å². The van der Waals surface area contributed by atoms with Gasteiger partial charge in [0.05, 0.1) is 26.3 Å². The summed E-state index contributed by atoms with van der Waals surface area (Å²) in [5, 5.41) is 3.45. The SMILES string of the molecule is CC1(C(=O)Nc2c(Cl)ccc3scnc23)CCCC1N. The van der Waals surface area contributed by atoms with Gasteiger partial charge in [0.25, 0.3) is 0 Å². The summed E-state index contributed by atoms with van der Waals surface area (Å²) in [5.74, 6) is -0.0649. The number of hydrogen-bond donors (Lipinski definition) is 2. The smallest absolute Gasteiger partial charge is 0.231 e. The molecule has 2 unspecified atom stereocenters. The number of rotatable bonds is 2. The molecule has 1 fully saturated rings. The number of nitrogens with zero attached hydrogens (tertiary/aromatic N) is 1. The van der Waals surface area contributed by atoms with E-state index in [9.17, 15) is 4.79 Å². The third-order valence-electron chi connectivity index (χ3n) is 4.24. The summed E-state index contributed by atoms with van der Waals surface area (Å²) < 4.78 is 1.01. The molecule has 3 N–H and O–H groups in total. The van der Waals surface area contributed by atoms with Gasteiger partial charge < -0.3 is 11.1 Å². The first kappa shape index (κ1) is 13.8. The van der Waals surface area contributed by atoms with Gasteiger partial charge in [0, 0.05) is 6.04 Å². The van der Waals surface area contributed by atoms with Crippen LogP contribution < -0.4 is 11.1 Å². The highest BCUT2D eigenvalue weighted by molar-refractivity contribution is 7.16. The third kappa shape index (κ3) is 2.10. The first-order valence-corrected chi connectivity index (χ1v) is 7.87. The number of halogens is 1. The molecular formula is C14H16ClN3OS. The van der Waals surface area contributed by atoms with Crippen LogP contribution in [0.2, 0.25) is 5.02 Å². The van der Waals surface area contributed by atoms with Crippen molar-refractivity contribution in [3.63, 3.8) is 0 Å². The summed E-state index contributed by atoms with van der Waals surface area (Å²) >= 11 is 7.73. The van der Waals surface area contributed by atoms with E-state index >= 15 is 0 Å². The van der Waals surface area contributed by atoms with Crippen LogP contribution in [-0.2, 0) is 4.79 Å². The maximum atomic E-state index is 12.6. The van der Waals surface area contributed by atoms with Gasteiger partial charge in [0.1, 0.15) is 5.52 Å². The topological polar surface area (TPSA) is 68.0 Å². The summed E-state index contributed by atoms with van der Waals surface area (Å²) in [7, 11) is 0. The molecule has 1 aliphatic carbocycles. The molecule has 1 aliphatic rings. The quantitative estimate of drug-likeness (QED) is 0.893. The van der Waals surface area contributed by atoms with Gasteiger partial charge in [-0.1, -0.05) is 18.0 Å². The Hall–Kier alpha value is -1.17. The number of thiazole rings is 1. The molecule has 0 spiro atoms. The van der Waals surface area contributed by atoms with Gasteiger partial charge in [-0.3, -0.25) is 4.79 Å². The first-order valence-electron chi connectivity index (χ1n) is 6.61. The van der Waals surface area contributed by atoms with Crippen LogP contribution in [0.5, 0.6) is 0 Å². The van der Waals surface area contributed by atoms with Crippen molar-refractivity contribution < 1.29 is 4.79 Å². The Balaban J connectivity index is 1.95. The highest BCUT2D eigenvalue weighted by atomic mass is 35.5. The van der Waals surface area contributed by atoms with E-state index in [1.54, 1.807) is 11.6 Å². The second kappa shape index (κ2) is 4.98. The standard InChI is InChI=1S/C14H16ClN3OS/c1-14(6-2-3-10(14)16)13(19)18-11-8(15)4-5-9-12(11)17-7-20-9/h4-5,7,10H,2-3,6,16H2,1H3,(H,18,19). The molecule has 0 radical (unpaired) electrons. The number of fused-ring (bicyclic) bond motifs is 1. The van der Waals surface area contributed by atoms with E-state index in [1.165, 1.54) is 11.3 Å². The zero-order valence-electron chi connectivity index (χ0n) is 11.1. The molecule has 1 heterocycles. The third-order valence-corrected chi connectivity index (χ3v) is 5.35. The van der Waals surface area contributed by atoms with Crippen molar-refractivity contribution in [3.05, 3.63) is 22.7 Å². The van der Waals surface area contributed by atoms with E-state index in [1.807, 2.05) is 13.0 Å². The number of aromatic nitrogens is 1. The van der Waals surface area contributed by atoms with Gasteiger partial charge in [-0.15, -0.1) is 11.3 Å². The molecule has 1 aromatic carbocycles. The molecule has 4 nitrogen and oxygen atoms in total. The average molecular weight is 310 g/mol. The normalized spacial score (nSPS) is 26.1. The van der Waals surface area contributed by atoms with Crippen molar-refractivity contribution in [2.75, 3.05) is 5.32 Å². The lowest BCUT2D eigenvalue weighted by Crippen LogP contribution is -2.44. The second-order valence-corrected chi connectivity index (χ2v) is 6.79. The molecule has 0 bridgehead atoms. The Bertz CT molecular complexity index is 671. The van der Waals surface area contributed by atoms with Crippen molar-refractivity contribution in [1.29, 1.82) is 0 Å². The number of hydrogen-bond acceptors (Lipinski definition) is 4. The van der Waals surface area contributed by atoms with Crippen LogP contribution >= 0.6 is 22.9 Å². The van der Waals surface area contributed by atoms with Crippen molar-refractivity contribution in [2.45, 2.75) is 32.2 Å². The van der Waals surface area contributed by atoms with Gasteiger partial charge in [-0.2, -0.15) is 0 Å². The molecule has 2 aromatic rings. The van der Waals surface area contributed by atoms with Crippen LogP contribution in [0.25, 0.3) is 10.2 Å². The van der Waals surface area contributed by atoms with E-state index in [-0.39, 0.29) is 11.9 Å². The van der Waals surface area contributed by atoms with Gasteiger partial charge in [0.2, 0.25) is 5.91 Å². The number of amides is 1. The molecule has 0 aliphatic heterocycles. The largest absolute Gasteiger partial charge is 0.327 e. The molecule has 1 aromatic heterocycles. The molecule has 3 rings (SSSR count). The van der Waals surface area contributed by atoms with E-state index in [0.717, 1.165) is 29.5 Å². The summed E-state index contributed by atoms with van der Waals surface area (Å²) in [4.78, 5) is 16.9. The molecular weight excluding hydrogens is 294 g/mol. The molecule has 20 heavy (non-hydrogen) atoms. The monoisotopic (exact) mass is 309 g/mol. The maximum Gasteiger partial charge on any atom is 0.231 e. The molecule has 106 valence electrons. The van der Waals surface area contributed by atoms with E-state index in [2.05, 4.69) is 10.3 Å². The van der Waals surface area contributed by atoms with Crippen molar-refractivity contribution >= 4 is 44.7 Å². The zero-order chi connectivity index (χ0) is 14.3. The highest BCUT2D eigenvalue weighted by Crippen LogP contribution is 2.39. The Morgan fingerprint density at radius 2 is 2.40 bits per heavy atom. The molecule has 6 heteroatoms. The number of carbonyl (C=O) groups is 1. The van der Waals surface area contributed by atoms with Crippen molar-refractivity contribution in [2.24, 2.45) is 11.1 Å². The van der Waals surface area contributed by atoms with Crippen LogP contribution in [0.1, 0.15) is 26.2 Å². The fourth-order valence-electron chi connectivity index (χ4n) is 2.76. The van der Waals surface area contributed by atoms with Gasteiger partial charge in [-0.05, 0) is 31.9 Å². The van der Waals surface area contributed by atoms with Gasteiger partial charge in [-0.25, -0.2) is 4.98 Å². The Morgan fingerprint density at radius 3 is 3.10 bits per heavy atom. The summed E-state index contributed by atoms with van der Waals surface area (Å²) in [6.07, 6.45) is 2.68. The first-order chi connectivity index (χ1) is 9.52. The zero-order valence-corrected chi connectivity index (χ0v) is 12.7. The summed E-state index contributed by atoms with van der Waals surface area (Å²) in [6.45, 7) is 1.93. The van der Waals surface area contributed by atoms with Crippen molar-refractivity contribution in [1.82, 2.24) is 4.98 Å². The van der Waals surface area contributed by atoms with Crippen LogP contribution in [0.15, 0.2) is 17.6 Å². The number of benzene rings is 1. The van der Waals surface area contributed by atoms with E-state index in [4.69, 9.17) is 17.3 Å². The molecule has 1 saturated carbocycles. The lowest BCUT2D eigenvalue weighted by molar-refractivity contribution is -0.125. The van der Waals surface area contributed by atoms with E-state index in [0.29, 0.717) is 10.7 Å². The number of carbonyl (C=O) groups excluding carboxylic acids is 1. The minimum atomic E-state index is -0.526. The van der Waals surface area contributed by atoms with Crippen LogP contribution in [0.4, 0.5) is 5.69 Å². The Labute approximate surface area is 126 Å². The number of anilines is 1. The molecule has 1 amide bonds. The number of nitrogens with two attached hydrogens (primary N) is 1. The maximum absolute atomic E-state index is 12.6. The highest BCUT2D eigenvalue weighted by Gasteiger charge is 2.43. The summed E-state index contributed by atoms with van der Waals surface area (Å²) in [6, 6.07) is 3.60. The minimum Gasteiger partial charge on any atom is -0.327 e. The van der Waals surface area contributed by atoms with Crippen LogP contribution in [0.3, 0.4) is 0 Å². The average Bonchev–Trinajstić information content (AvgIpc) is 3.01. The van der Waals surface area contributed by atoms with Crippen LogP contribution in [-0.4, -0.2) is 16.9 Å². The fourth-order valence-corrected chi connectivity index (χ4v) is 3.64. The van der Waals surface area contributed by atoms with Gasteiger partial charge in [0.15, 0.2) is 0 Å². The minimum absolute atomic E-state index is 0.0649. The fraction of sp³-hybridized carbons (Fsp3) is 0.429. The summed E-state index contributed by atoms with van der Waals surface area (Å²) in [5.41, 5.74) is 8.65. The predicted molar refractivity (Wildman–Crippen MR) is 83.2 cm³/mol. The predicted octanol–water partition coefficient (Wildman–Crippen LogP) is 3.41. The molecule has 2 atom stereocenters. The van der Waals surface area contributed by atoms with Crippen molar-refractivity contribution in [3.8, 4) is 0 Å². The van der Waals surface area contributed by atoms with Gasteiger partial charge >= 0.3 is 0 Å². The number of nitrogens with one attached hydrogen (secondary N) is 1. The Morgan fingerprint density at radius 1 is 1.60 bits per heavy atom. The second-order valence-electron chi connectivity index (χ2n) is 5.49. The Kier molecular flexibility index (Phi) is 3.44. The van der Waals surface area contributed by atoms with Crippen LogP contribution in [0, 0.1) is 5.41 Å². The lowest BCUT2D eigenvalue weighted by Gasteiger charge is -2.27. The molecule has 0 saturated heterocycles. The lowest BCUT2D eigenvalue weighted by atomic mass is 9.84.